The Kier molecular flexibility index (Phi) is 3.88. The van der Waals surface area contributed by atoms with Crippen molar-refractivity contribution < 1.29 is 17.9 Å². The van der Waals surface area contributed by atoms with Crippen LogP contribution < -0.4 is 0 Å². The topological polar surface area (TPSA) is 78.3 Å². The standard InChI is InChI=1S/C16H20N2O4S2/c1-6-22-15(19)13-9-7-16(2,3)11-12(10(9)8-23-13)17-18(4)14(11)24(5,20)21/h8H,6-7H2,1-5H3. The molecule has 24 heavy (non-hydrogen) atoms. The maximum atomic E-state index is 12.3. The average Bonchev–Trinajstić information content (AvgIpc) is 2.98. The summed E-state index contributed by atoms with van der Waals surface area (Å²) in [5, 5.41) is 6.58. The van der Waals surface area contributed by atoms with Gasteiger partial charge in [0.05, 0.1) is 12.3 Å². The van der Waals surface area contributed by atoms with Gasteiger partial charge in [-0.25, -0.2) is 13.2 Å². The fourth-order valence-electron chi connectivity index (χ4n) is 3.39. The summed E-state index contributed by atoms with van der Waals surface area (Å²) in [6, 6.07) is 0. The highest BCUT2D eigenvalue weighted by atomic mass is 32.2. The summed E-state index contributed by atoms with van der Waals surface area (Å²) in [5.41, 5.74) is 2.67. The van der Waals surface area contributed by atoms with Crippen molar-refractivity contribution in [2.24, 2.45) is 7.05 Å². The van der Waals surface area contributed by atoms with Crippen LogP contribution in [0.25, 0.3) is 11.3 Å². The Morgan fingerprint density at radius 1 is 1.46 bits per heavy atom. The van der Waals surface area contributed by atoms with Crippen LogP contribution in [-0.4, -0.2) is 37.0 Å². The molecule has 0 unspecified atom stereocenters. The smallest absolute Gasteiger partial charge is 0.348 e. The largest absolute Gasteiger partial charge is 0.462 e. The first-order valence-electron chi connectivity index (χ1n) is 7.63. The molecule has 2 heterocycles. The summed E-state index contributed by atoms with van der Waals surface area (Å²) in [6.45, 7) is 6.06. The number of carbonyl (C=O) groups is 1. The minimum absolute atomic E-state index is 0.247. The first kappa shape index (κ1) is 17.2. The predicted molar refractivity (Wildman–Crippen MR) is 92.3 cm³/mol. The van der Waals surface area contributed by atoms with Crippen LogP contribution in [0.5, 0.6) is 0 Å². The van der Waals surface area contributed by atoms with Crippen molar-refractivity contribution >= 4 is 27.1 Å². The normalized spacial score (nSPS) is 15.7. The van der Waals surface area contributed by atoms with E-state index >= 15 is 0 Å². The summed E-state index contributed by atoms with van der Waals surface area (Å²) in [6.07, 6.45) is 1.77. The minimum Gasteiger partial charge on any atom is -0.462 e. The Bertz CT molecular complexity index is 936. The van der Waals surface area contributed by atoms with Gasteiger partial charge in [-0.1, -0.05) is 13.8 Å². The van der Waals surface area contributed by atoms with Crippen molar-refractivity contribution in [3.05, 3.63) is 21.4 Å². The average molecular weight is 368 g/mol. The minimum atomic E-state index is -3.41. The molecule has 0 saturated heterocycles. The van der Waals surface area contributed by atoms with E-state index in [4.69, 9.17) is 4.74 Å². The quantitative estimate of drug-likeness (QED) is 0.778. The van der Waals surface area contributed by atoms with Crippen LogP contribution in [0.2, 0.25) is 0 Å². The molecule has 0 atom stereocenters. The van der Waals surface area contributed by atoms with Crippen LogP contribution in [0.4, 0.5) is 0 Å². The molecule has 3 rings (SSSR count). The van der Waals surface area contributed by atoms with Crippen LogP contribution in [0, 0.1) is 0 Å². The van der Waals surface area contributed by atoms with Gasteiger partial charge in [-0.15, -0.1) is 11.3 Å². The maximum Gasteiger partial charge on any atom is 0.348 e. The van der Waals surface area contributed by atoms with Gasteiger partial charge in [-0.3, -0.25) is 4.68 Å². The zero-order valence-corrected chi connectivity index (χ0v) is 16.0. The van der Waals surface area contributed by atoms with Crippen molar-refractivity contribution in [1.29, 1.82) is 0 Å². The van der Waals surface area contributed by atoms with Crippen molar-refractivity contribution in [3.8, 4) is 11.3 Å². The molecule has 1 aliphatic carbocycles. The zero-order chi connectivity index (χ0) is 17.9. The highest BCUT2D eigenvalue weighted by Crippen LogP contribution is 2.48. The van der Waals surface area contributed by atoms with Crippen molar-refractivity contribution in [3.63, 3.8) is 0 Å². The molecule has 1 aliphatic rings. The molecule has 0 saturated carbocycles. The molecular formula is C16H20N2O4S2. The van der Waals surface area contributed by atoms with Gasteiger partial charge in [0.15, 0.2) is 14.9 Å². The fraction of sp³-hybridized carbons (Fsp3) is 0.500. The van der Waals surface area contributed by atoms with Gasteiger partial charge in [0.25, 0.3) is 0 Å². The second kappa shape index (κ2) is 5.42. The third kappa shape index (κ3) is 2.48. The lowest BCUT2D eigenvalue weighted by atomic mass is 9.73. The van der Waals surface area contributed by atoms with Crippen LogP contribution in [0.1, 0.15) is 41.6 Å². The first-order chi connectivity index (χ1) is 11.1. The second-order valence-electron chi connectivity index (χ2n) is 6.66. The van der Waals surface area contributed by atoms with Crippen molar-refractivity contribution in [2.45, 2.75) is 37.6 Å². The first-order valence-corrected chi connectivity index (χ1v) is 10.4. The van der Waals surface area contributed by atoms with Gasteiger partial charge in [0, 0.05) is 29.8 Å². The number of esters is 1. The number of nitrogens with zero attached hydrogens (tertiary/aromatic N) is 2. The van der Waals surface area contributed by atoms with Crippen molar-refractivity contribution in [1.82, 2.24) is 9.78 Å². The molecule has 0 aromatic carbocycles. The van der Waals surface area contributed by atoms with Crippen LogP contribution in [0.3, 0.4) is 0 Å². The summed E-state index contributed by atoms with van der Waals surface area (Å²) >= 11 is 1.33. The number of carbonyl (C=O) groups excluding carboxylic acids is 1. The van der Waals surface area contributed by atoms with Gasteiger partial charge < -0.3 is 4.74 Å². The van der Waals surface area contributed by atoms with Gasteiger partial charge in [0.1, 0.15) is 4.88 Å². The van der Waals surface area contributed by atoms with Crippen molar-refractivity contribution in [2.75, 3.05) is 12.9 Å². The summed E-state index contributed by atoms with van der Waals surface area (Å²) in [4.78, 5) is 12.8. The van der Waals surface area contributed by atoms with E-state index < -0.39 is 15.3 Å². The Balaban J connectivity index is 2.28. The monoisotopic (exact) mass is 368 g/mol. The molecule has 0 aliphatic heterocycles. The molecule has 0 amide bonds. The van der Waals surface area contributed by atoms with Crippen LogP contribution >= 0.6 is 11.3 Å². The van der Waals surface area contributed by atoms with Crippen LogP contribution in [0.15, 0.2) is 10.4 Å². The molecule has 0 N–H and O–H groups in total. The van der Waals surface area contributed by atoms with E-state index in [2.05, 4.69) is 5.10 Å². The highest BCUT2D eigenvalue weighted by molar-refractivity contribution is 7.90. The number of rotatable bonds is 3. The second-order valence-corrected chi connectivity index (χ2v) is 9.47. The number of thiophene rings is 1. The number of aromatic nitrogens is 2. The summed E-state index contributed by atoms with van der Waals surface area (Å²) in [7, 11) is -1.77. The lowest BCUT2D eigenvalue weighted by Crippen LogP contribution is -2.27. The van der Waals surface area contributed by atoms with Gasteiger partial charge in [-0.05, 0) is 24.3 Å². The molecule has 2 aromatic rings. The third-order valence-corrected chi connectivity index (χ3v) is 6.42. The lowest BCUT2D eigenvalue weighted by molar-refractivity contribution is 0.0530. The molecule has 0 bridgehead atoms. The van der Waals surface area contributed by atoms with Crippen LogP contribution in [-0.2, 0) is 33.5 Å². The molecule has 6 nitrogen and oxygen atoms in total. The van der Waals surface area contributed by atoms with E-state index in [-0.39, 0.29) is 11.0 Å². The van der Waals surface area contributed by atoms with E-state index in [1.165, 1.54) is 22.3 Å². The van der Waals surface area contributed by atoms with Gasteiger partial charge in [-0.2, -0.15) is 5.10 Å². The summed E-state index contributed by atoms with van der Waals surface area (Å²) in [5.74, 6) is -0.331. The Hall–Kier alpha value is -1.67. The van der Waals surface area contributed by atoms with E-state index in [1.807, 2.05) is 19.2 Å². The van der Waals surface area contributed by atoms with Gasteiger partial charge >= 0.3 is 5.97 Å². The molecule has 8 heteroatoms. The Labute approximate surface area is 145 Å². The van der Waals surface area contributed by atoms with E-state index in [0.717, 1.165) is 16.7 Å². The Morgan fingerprint density at radius 3 is 2.71 bits per heavy atom. The Morgan fingerprint density at radius 2 is 2.12 bits per heavy atom. The lowest BCUT2D eigenvalue weighted by Gasteiger charge is -2.30. The fourth-order valence-corrected chi connectivity index (χ4v) is 5.62. The molecule has 130 valence electrons. The number of sulfone groups is 1. The maximum absolute atomic E-state index is 12.3. The van der Waals surface area contributed by atoms with Gasteiger partial charge in [0.2, 0.25) is 0 Å². The molecule has 0 radical (unpaired) electrons. The number of hydrogen-bond donors (Lipinski definition) is 0. The number of aryl methyl sites for hydroxylation is 1. The van der Waals surface area contributed by atoms with E-state index in [0.29, 0.717) is 23.6 Å². The number of fused-ring (bicyclic) bond motifs is 3. The summed E-state index contributed by atoms with van der Waals surface area (Å²) < 4.78 is 31.1. The highest BCUT2D eigenvalue weighted by Gasteiger charge is 2.41. The van der Waals surface area contributed by atoms with E-state index in [1.54, 1.807) is 14.0 Å². The molecule has 2 aromatic heterocycles. The molecular weight excluding hydrogens is 348 g/mol. The predicted octanol–water partition coefficient (Wildman–Crippen LogP) is 2.56. The molecule has 0 spiro atoms. The third-order valence-electron chi connectivity index (χ3n) is 4.25. The number of ether oxygens (including phenoxy) is 1. The SMILES string of the molecule is CCOC(=O)c1scc2c1CC(C)(C)c1c-2nn(C)c1S(C)(=O)=O. The number of hydrogen-bond acceptors (Lipinski definition) is 6. The molecule has 0 fully saturated rings. The zero-order valence-electron chi connectivity index (χ0n) is 14.3. The van der Waals surface area contributed by atoms with E-state index in [9.17, 15) is 13.2 Å².